The van der Waals surface area contributed by atoms with Gasteiger partial charge in [0.2, 0.25) is 0 Å². The lowest BCUT2D eigenvalue weighted by molar-refractivity contribution is 0.298. The van der Waals surface area contributed by atoms with Crippen molar-refractivity contribution in [3.63, 3.8) is 0 Å². The lowest BCUT2D eigenvalue weighted by atomic mass is 10.1. The van der Waals surface area contributed by atoms with E-state index in [9.17, 15) is 0 Å². The molecule has 2 aromatic rings. The van der Waals surface area contributed by atoms with Gasteiger partial charge in [-0.15, -0.1) is 0 Å². The van der Waals surface area contributed by atoms with Crippen LogP contribution in [0.4, 0.5) is 5.13 Å². The molecule has 0 spiro atoms. The Morgan fingerprint density at radius 1 is 1.29 bits per heavy atom. The summed E-state index contributed by atoms with van der Waals surface area (Å²) < 4.78 is 5.59. The predicted octanol–water partition coefficient (Wildman–Crippen LogP) is 1.84. The van der Waals surface area contributed by atoms with E-state index in [1.807, 2.05) is 24.3 Å². The Morgan fingerprint density at radius 3 is 2.65 bits per heavy atom. The summed E-state index contributed by atoms with van der Waals surface area (Å²) in [7, 11) is 0. The molecule has 4 nitrogen and oxygen atoms in total. The number of benzene rings is 1. The van der Waals surface area contributed by atoms with Crippen molar-refractivity contribution in [3.05, 3.63) is 40.9 Å². The van der Waals surface area contributed by atoms with Gasteiger partial charge in [-0.25, -0.2) is 4.98 Å². The average molecular weight is 250 g/mol. The quantitative estimate of drug-likeness (QED) is 0.849. The summed E-state index contributed by atoms with van der Waals surface area (Å²) in [6.45, 7) is 0.647. The third kappa shape index (κ3) is 3.44. The monoisotopic (exact) mass is 250 g/mol. The Morgan fingerprint density at radius 2 is 2.06 bits per heavy atom. The fraction of sp³-hybridized carbons (Fsp3) is 0.250. The first kappa shape index (κ1) is 11.9. The van der Waals surface area contributed by atoms with Crippen molar-refractivity contribution in [2.45, 2.75) is 13.0 Å². The van der Waals surface area contributed by atoms with E-state index in [2.05, 4.69) is 4.98 Å². The highest BCUT2D eigenvalue weighted by atomic mass is 32.1. The predicted molar refractivity (Wildman–Crippen MR) is 68.1 cm³/mol. The highest BCUT2D eigenvalue weighted by Gasteiger charge is 2.00. The molecule has 0 aliphatic heterocycles. The molecular formula is C12H14N2O2S. The highest BCUT2D eigenvalue weighted by Crippen LogP contribution is 2.18. The molecule has 0 aliphatic rings. The maximum atomic E-state index is 8.79. The van der Waals surface area contributed by atoms with Crippen LogP contribution in [-0.2, 0) is 13.0 Å². The van der Waals surface area contributed by atoms with Crippen LogP contribution in [0, 0.1) is 0 Å². The third-order valence-corrected chi connectivity index (χ3v) is 3.08. The van der Waals surface area contributed by atoms with E-state index in [1.54, 1.807) is 6.20 Å². The van der Waals surface area contributed by atoms with Gasteiger partial charge in [0.1, 0.15) is 12.4 Å². The van der Waals surface area contributed by atoms with Crippen LogP contribution in [0.5, 0.6) is 5.75 Å². The van der Waals surface area contributed by atoms with Crippen LogP contribution in [0.25, 0.3) is 0 Å². The van der Waals surface area contributed by atoms with Crippen LogP contribution in [-0.4, -0.2) is 16.7 Å². The Hall–Kier alpha value is -1.59. The fourth-order valence-corrected chi connectivity index (χ4v) is 2.02. The molecule has 90 valence electrons. The summed E-state index contributed by atoms with van der Waals surface area (Å²) in [5, 5.41) is 9.35. The van der Waals surface area contributed by atoms with Crippen molar-refractivity contribution < 1.29 is 9.84 Å². The van der Waals surface area contributed by atoms with Gasteiger partial charge in [-0.1, -0.05) is 23.5 Å². The molecule has 2 rings (SSSR count). The second kappa shape index (κ2) is 5.65. The van der Waals surface area contributed by atoms with Gasteiger partial charge in [0.25, 0.3) is 0 Å². The van der Waals surface area contributed by atoms with Crippen molar-refractivity contribution in [1.29, 1.82) is 0 Å². The topological polar surface area (TPSA) is 68.4 Å². The van der Waals surface area contributed by atoms with Gasteiger partial charge in [0.05, 0.1) is 4.88 Å². The Bertz CT molecular complexity index is 468. The largest absolute Gasteiger partial charge is 0.488 e. The van der Waals surface area contributed by atoms with E-state index in [0.717, 1.165) is 16.2 Å². The number of hydrogen-bond acceptors (Lipinski definition) is 5. The molecule has 0 saturated heterocycles. The Labute approximate surface area is 104 Å². The molecule has 0 fully saturated rings. The molecule has 3 N–H and O–H groups in total. The van der Waals surface area contributed by atoms with Crippen LogP contribution < -0.4 is 10.5 Å². The van der Waals surface area contributed by atoms with Gasteiger partial charge in [-0.05, 0) is 24.1 Å². The minimum atomic E-state index is 0.167. The first-order valence-corrected chi connectivity index (χ1v) is 6.12. The molecule has 1 aromatic carbocycles. The number of nitrogens with two attached hydrogens (primary N) is 1. The second-order valence-corrected chi connectivity index (χ2v) is 4.72. The molecule has 0 amide bonds. The van der Waals surface area contributed by atoms with E-state index in [0.29, 0.717) is 18.2 Å². The number of aliphatic hydroxyl groups is 1. The first-order chi connectivity index (χ1) is 8.28. The summed E-state index contributed by atoms with van der Waals surface area (Å²) in [4.78, 5) is 4.96. The summed E-state index contributed by atoms with van der Waals surface area (Å²) in [6.07, 6.45) is 2.39. The van der Waals surface area contributed by atoms with Gasteiger partial charge in [0, 0.05) is 12.8 Å². The molecule has 5 heteroatoms. The van der Waals surface area contributed by atoms with Crippen LogP contribution in [0.3, 0.4) is 0 Å². The molecule has 0 saturated carbocycles. The maximum Gasteiger partial charge on any atom is 0.180 e. The molecule has 0 atom stereocenters. The molecule has 0 unspecified atom stereocenters. The van der Waals surface area contributed by atoms with Crippen molar-refractivity contribution >= 4 is 16.5 Å². The molecule has 1 aromatic heterocycles. The van der Waals surface area contributed by atoms with E-state index in [4.69, 9.17) is 15.6 Å². The van der Waals surface area contributed by atoms with Gasteiger partial charge in [-0.2, -0.15) is 0 Å². The SMILES string of the molecule is Nc1ncc(COc2ccc(CCO)cc2)s1. The molecule has 0 radical (unpaired) electrons. The number of hydrogen-bond donors (Lipinski definition) is 2. The number of nitrogen functional groups attached to an aromatic ring is 1. The summed E-state index contributed by atoms with van der Waals surface area (Å²) in [6, 6.07) is 7.70. The number of aliphatic hydroxyl groups excluding tert-OH is 1. The van der Waals surface area contributed by atoms with Crippen molar-refractivity contribution in [2.75, 3.05) is 12.3 Å². The van der Waals surface area contributed by atoms with Crippen molar-refractivity contribution in [1.82, 2.24) is 4.98 Å². The van der Waals surface area contributed by atoms with E-state index >= 15 is 0 Å². The number of ether oxygens (including phenoxy) is 1. The number of aromatic nitrogens is 1. The lowest BCUT2D eigenvalue weighted by Gasteiger charge is -2.05. The van der Waals surface area contributed by atoms with Crippen LogP contribution in [0.2, 0.25) is 0 Å². The maximum absolute atomic E-state index is 8.79. The number of anilines is 1. The highest BCUT2D eigenvalue weighted by molar-refractivity contribution is 7.15. The van der Waals surface area contributed by atoms with E-state index < -0.39 is 0 Å². The lowest BCUT2D eigenvalue weighted by Crippen LogP contribution is -1.94. The normalized spacial score (nSPS) is 10.4. The first-order valence-electron chi connectivity index (χ1n) is 5.30. The molecular weight excluding hydrogens is 236 g/mol. The summed E-state index contributed by atoms with van der Waals surface area (Å²) >= 11 is 1.43. The smallest absolute Gasteiger partial charge is 0.180 e. The summed E-state index contributed by atoms with van der Waals surface area (Å²) in [5.74, 6) is 0.804. The van der Waals surface area contributed by atoms with Gasteiger partial charge in [-0.3, -0.25) is 0 Å². The van der Waals surface area contributed by atoms with Crippen LogP contribution in [0.15, 0.2) is 30.5 Å². The van der Waals surface area contributed by atoms with E-state index in [-0.39, 0.29) is 6.61 Å². The molecule has 0 aliphatic carbocycles. The number of nitrogens with zero attached hydrogens (tertiary/aromatic N) is 1. The summed E-state index contributed by atoms with van der Waals surface area (Å²) in [5.41, 5.74) is 6.63. The minimum Gasteiger partial charge on any atom is -0.488 e. The Kier molecular flexibility index (Phi) is 3.95. The van der Waals surface area contributed by atoms with Crippen molar-refractivity contribution in [2.24, 2.45) is 0 Å². The number of thiazole rings is 1. The van der Waals surface area contributed by atoms with Gasteiger partial charge < -0.3 is 15.6 Å². The van der Waals surface area contributed by atoms with Crippen LogP contribution in [0.1, 0.15) is 10.4 Å². The van der Waals surface area contributed by atoms with E-state index in [1.165, 1.54) is 11.3 Å². The fourth-order valence-electron chi connectivity index (χ4n) is 1.43. The van der Waals surface area contributed by atoms with Crippen LogP contribution >= 0.6 is 11.3 Å². The van der Waals surface area contributed by atoms with Crippen molar-refractivity contribution in [3.8, 4) is 5.75 Å². The van der Waals surface area contributed by atoms with Gasteiger partial charge >= 0.3 is 0 Å². The minimum absolute atomic E-state index is 0.167. The second-order valence-electron chi connectivity index (χ2n) is 3.57. The standard InChI is InChI=1S/C12H14N2O2S/c13-12-14-7-11(17-12)8-16-10-3-1-9(2-4-10)5-6-15/h1-4,7,15H,5-6,8H2,(H2,13,14). The molecule has 17 heavy (non-hydrogen) atoms. The zero-order valence-corrected chi connectivity index (χ0v) is 10.1. The molecule has 0 bridgehead atoms. The number of rotatable bonds is 5. The van der Waals surface area contributed by atoms with Gasteiger partial charge in [0.15, 0.2) is 5.13 Å². The average Bonchev–Trinajstić information content (AvgIpc) is 2.75. The Balaban J connectivity index is 1.90. The molecule has 1 heterocycles. The zero-order chi connectivity index (χ0) is 12.1. The third-order valence-electron chi connectivity index (χ3n) is 2.28. The zero-order valence-electron chi connectivity index (χ0n) is 9.30.